The number of nitrogens with zero attached hydrogens (tertiary/aromatic N) is 1. The summed E-state index contributed by atoms with van der Waals surface area (Å²) in [6.45, 7) is 0.651. The Labute approximate surface area is 130 Å². The molecule has 0 radical (unpaired) electrons. The van der Waals surface area contributed by atoms with Crippen molar-refractivity contribution in [2.75, 3.05) is 20.6 Å². The van der Waals surface area contributed by atoms with Crippen molar-refractivity contribution in [2.24, 2.45) is 4.99 Å². The van der Waals surface area contributed by atoms with Gasteiger partial charge in [-0.3, -0.25) is 4.99 Å². The summed E-state index contributed by atoms with van der Waals surface area (Å²) in [5, 5.41) is 10.4. The second-order valence-electron chi connectivity index (χ2n) is 5.24. The lowest BCUT2D eigenvalue weighted by atomic mass is 10.1. The van der Waals surface area contributed by atoms with Gasteiger partial charge in [-0.15, -0.1) is 0 Å². The SMILES string of the molecule is C[NH+](C)[C@@H](CN=Cc1cc(Cl)ccc1O)c1ccccc1. The zero-order valence-corrected chi connectivity index (χ0v) is 13.0. The number of phenolic OH excluding ortho intramolecular Hbond substituents is 1. The Bertz CT molecular complexity index is 611. The van der Waals surface area contributed by atoms with Crippen LogP contribution >= 0.6 is 11.6 Å². The quantitative estimate of drug-likeness (QED) is 0.818. The minimum absolute atomic E-state index is 0.191. The van der Waals surface area contributed by atoms with Gasteiger partial charge in [-0.2, -0.15) is 0 Å². The molecule has 21 heavy (non-hydrogen) atoms. The Morgan fingerprint density at radius 2 is 1.90 bits per heavy atom. The number of hydrogen-bond donors (Lipinski definition) is 2. The molecular weight excluding hydrogens is 284 g/mol. The first-order chi connectivity index (χ1) is 10.1. The van der Waals surface area contributed by atoms with E-state index in [0.717, 1.165) is 0 Å². The molecule has 2 aromatic rings. The fourth-order valence-corrected chi connectivity index (χ4v) is 2.37. The van der Waals surface area contributed by atoms with E-state index in [2.05, 4.69) is 31.2 Å². The van der Waals surface area contributed by atoms with E-state index in [1.54, 1.807) is 24.4 Å². The largest absolute Gasteiger partial charge is 0.507 e. The Kier molecular flexibility index (Phi) is 5.37. The summed E-state index contributed by atoms with van der Waals surface area (Å²) in [4.78, 5) is 5.79. The van der Waals surface area contributed by atoms with E-state index < -0.39 is 0 Å². The van der Waals surface area contributed by atoms with E-state index in [4.69, 9.17) is 11.6 Å². The highest BCUT2D eigenvalue weighted by Gasteiger charge is 2.16. The first-order valence-corrected chi connectivity index (χ1v) is 7.29. The molecule has 2 rings (SSSR count). The fourth-order valence-electron chi connectivity index (χ4n) is 2.19. The molecule has 1 atom stereocenters. The van der Waals surface area contributed by atoms with Crippen molar-refractivity contribution in [3.8, 4) is 5.75 Å². The summed E-state index contributed by atoms with van der Waals surface area (Å²) in [7, 11) is 4.23. The highest BCUT2D eigenvalue weighted by atomic mass is 35.5. The number of hydrogen-bond acceptors (Lipinski definition) is 2. The topological polar surface area (TPSA) is 37.0 Å². The molecule has 0 fully saturated rings. The molecule has 0 aliphatic rings. The number of halogens is 1. The number of nitrogens with one attached hydrogen (secondary N) is 1. The second-order valence-corrected chi connectivity index (χ2v) is 5.67. The van der Waals surface area contributed by atoms with Crippen LogP contribution in [0.1, 0.15) is 17.2 Å². The van der Waals surface area contributed by atoms with Crippen LogP contribution in [0.2, 0.25) is 5.02 Å². The summed E-state index contributed by atoms with van der Waals surface area (Å²) in [6, 6.07) is 15.5. The number of benzene rings is 2. The van der Waals surface area contributed by atoms with Crippen LogP contribution in [0, 0.1) is 0 Å². The molecular formula is C17H20ClN2O+. The van der Waals surface area contributed by atoms with Crippen LogP contribution in [0.4, 0.5) is 0 Å². The highest BCUT2D eigenvalue weighted by molar-refractivity contribution is 6.30. The minimum Gasteiger partial charge on any atom is -0.507 e. The average molecular weight is 304 g/mol. The Hall–Kier alpha value is -1.84. The summed E-state index contributed by atoms with van der Waals surface area (Å²) in [5.74, 6) is 0.191. The first kappa shape index (κ1) is 15.5. The third-order valence-electron chi connectivity index (χ3n) is 3.41. The summed E-state index contributed by atoms with van der Waals surface area (Å²) >= 11 is 5.93. The third kappa shape index (κ3) is 4.31. The minimum atomic E-state index is 0.191. The molecule has 0 saturated heterocycles. The van der Waals surface area contributed by atoms with Crippen LogP contribution < -0.4 is 4.90 Å². The molecule has 0 bridgehead atoms. The van der Waals surface area contributed by atoms with Crippen molar-refractivity contribution in [2.45, 2.75) is 6.04 Å². The van der Waals surface area contributed by atoms with E-state index in [1.165, 1.54) is 10.5 Å². The predicted molar refractivity (Wildman–Crippen MR) is 87.6 cm³/mol. The van der Waals surface area contributed by atoms with Gasteiger partial charge >= 0.3 is 0 Å². The Morgan fingerprint density at radius 1 is 1.19 bits per heavy atom. The zero-order valence-electron chi connectivity index (χ0n) is 12.3. The van der Waals surface area contributed by atoms with Crippen LogP contribution in [0.3, 0.4) is 0 Å². The fraction of sp³-hybridized carbons (Fsp3) is 0.235. The maximum Gasteiger partial charge on any atom is 0.132 e. The second kappa shape index (κ2) is 7.25. The number of likely N-dealkylation sites (N-methyl/N-ethyl adjacent to an activating group) is 1. The van der Waals surface area contributed by atoms with Crippen molar-refractivity contribution in [3.05, 3.63) is 64.7 Å². The molecule has 0 aliphatic carbocycles. The molecule has 0 aliphatic heterocycles. The average Bonchev–Trinajstić information content (AvgIpc) is 2.47. The third-order valence-corrected chi connectivity index (χ3v) is 3.64. The summed E-state index contributed by atoms with van der Waals surface area (Å²) in [5.41, 5.74) is 1.90. The maximum absolute atomic E-state index is 9.77. The molecule has 0 heterocycles. The zero-order chi connectivity index (χ0) is 15.2. The molecule has 0 aromatic heterocycles. The molecule has 0 unspecified atom stereocenters. The summed E-state index contributed by atoms with van der Waals surface area (Å²) < 4.78 is 0. The van der Waals surface area contributed by atoms with Crippen LogP contribution in [0.15, 0.2) is 53.5 Å². The predicted octanol–water partition coefficient (Wildman–Crippen LogP) is 2.35. The van der Waals surface area contributed by atoms with Gasteiger partial charge in [-0.05, 0) is 18.2 Å². The van der Waals surface area contributed by atoms with Gasteiger partial charge in [-0.25, -0.2) is 0 Å². The van der Waals surface area contributed by atoms with Crippen molar-refractivity contribution in [1.29, 1.82) is 0 Å². The van der Waals surface area contributed by atoms with Gasteiger partial charge in [0.25, 0.3) is 0 Å². The number of quaternary nitrogens is 1. The molecule has 2 aromatic carbocycles. The molecule has 0 amide bonds. The van der Waals surface area contributed by atoms with E-state index in [-0.39, 0.29) is 11.8 Å². The van der Waals surface area contributed by atoms with Crippen LogP contribution in [-0.2, 0) is 0 Å². The van der Waals surface area contributed by atoms with Gasteiger partial charge in [0, 0.05) is 22.4 Å². The van der Waals surface area contributed by atoms with Gasteiger partial charge in [-0.1, -0.05) is 41.9 Å². The normalized spacial score (nSPS) is 13.0. The van der Waals surface area contributed by atoms with Crippen molar-refractivity contribution in [3.63, 3.8) is 0 Å². The van der Waals surface area contributed by atoms with Crippen molar-refractivity contribution < 1.29 is 10.0 Å². The van der Waals surface area contributed by atoms with Gasteiger partial charge in [0.15, 0.2) is 0 Å². The monoisotopic (exact) mass is 303 g/mol. The Morgan fingerprint density at radius 3 is 2.57 bits per heavy atom. The van der Waals surface area contributed by atoms with Crippen LogP contribution in [0.5, 0.6) is 5.75 Å². The molecule has 0 spiro atoms. The van der Waals surface area contributed by atoms with Crippen LogP contribution in [0.25, 0.3) is 0 Å². The lowest BCUT2D eigenvalue weighted by Gasteiger charge is -2.19. The first-order valence-electron chi connectivity index (χ1n) is 6.91. The van der Waals surface area contributed by atoms with Gasteiger partial charge < -0.3 is 10.0 Å². The molecule has 2 N–H and O–H groups in total. The lowest BCUT2D eigenvalue weighted by molar-refractivity contribution is -0.890. The number of aliphatic imine (C=N–C) groups is 1. The van der Waals surface area contributed by atoms with Gasteiger partial charge in [0.2, 0.25) is 0 Å². The molecule has 3 nitrogen and oxygen atoms in total. The molecule has 0 saturated carbocycles. The number of rotatable bonds is 5. The van der Waals surface area contributed by atoms with E-state index in [0.29, 0.717) is 17.1 Å². The van der Waals surface area contributed by atoms with E-state index in [9.17, 15) is 5.11 Å². The summed E-state index contributed by atoms with van der Waals surface area (Å²) in [6.07, 6.45) is 1.68. The van der Waals surface area contributed by atoms with E-state index >= 15 is 0 Å². The highest BCUT2D eigenvalue weighted by Crippen LogP contribution is 2.19. The number of phenols is 1. The smallest absolute Gasteiger partial charge is 0.132 e. The van der Waals surface area contributed by atoms with Crippen molar-refractivity contribution in [1.82, 2.24) is 0 Å². The van der Waals surface area contributed by atoms with E-state index in [1.807, 2.05) is 18.2 Å². The number of aromatic hydroxyl groups is 1. The lowest BCUT2D eigenvalue weighted by Crippen LogP contribution is -3.06. The molecule has 4 heteroatoms. The van der Waals surface area contributed by atoms with Gasteiger partial charge in [0.05, 0.1) is 20.6 Å². The van der Waals surface area contributed by atoms with Gasteiger partial charge in [0.1, 0.15) is 11.8 Å². The maximum atomic E-state index is 9.77. The Balaban J connectivity index is 2.12. The van der Waals surface area contributed by atoms with Crippen LogP contribution in [-0.4, -0.2) is 32.0 Å². The standard InChI is InChI=1S/C17H19ClN2O/c1-20(2)16(13-6-4-3-5-7-13)12-19-11-14-10-15(18)8-9-17(14)21/h3-11,16,21H,12H2,1-2H3/p+1/t16-/m0/s1. The van der Waals surface area contributed by atoms with Crippen molar-refractivity contribution >= 4 is 17.8 Å². The molecule has 110 valence electrons.